The van der Waals surface area contributed by atoms with E-state index in [0.717, 1.165) is 40.6 Å². The number of rotatable bonds is 6. The van der Waals surface area contributed by atoms with E-state index in [4.69, 9.17) is 0 Å². The van der Waals surface area contributed by atoms with Crippen molar-refractivity contribution in [2.45, 2.75) is 33.7 Å². The third-order valence-corrected chi connectivity index (χ3v) is 4.57. The minimum Gasteiger partial charge on any atom is -0.478 e. The number of nitrogens with zero attached hydrogens (tertiary/aromatic N) is 1. The van der Waals surface area contributed by atoms with E-state index in [2.05, 4.69) is 12.2 Å². The van der Waals surface area contributed by atoms with Gasteiger partial charge in [-0.25, -0.2) is 4.79 Å². The fraction of sp³-hybridized carbons (Fsp3) is 0.400. The number of carbonyl (C=O) groups is 1. The van der Waals surface area contributed by atoms with E-state index in [-0.39, 0.29) is 0 Å². The number of aromatic carboxylic acids is 1. The molecule has 0 saturated heterocycles. The number of carboxylic acids is 1. The van der Waals surface area contributed by atoms with Crippen LogP contribution in [0.25, 0.3) is 5.00 Å². The zero-order valence-corrected chi connectivity index (χ0v) is 12.9. The van der Waals surface area contributed by atoms with Gasteiger partial charge in [-0.1, -0.05) is 6.92 Å². The molecule has 20 heavy (non-hydrogen) atoms. The molecule has 0 aliphatic rings. The monoisotopic (exact) mass is 292 g/mol. The maximum Gasteiger partial charge on any atom is 0.339 e. The lowest BCUT2D eigenvalue weighted by Crippen LogP contribution is -2.16. The van der Waals surface area contributed by atoms with Gasteiger partial charge in [-0.3, -0.25) is 0 Å². The SMILES string of the molecule is CCCNCc1cccn1-c1sc(C)c(C)c1C(=O)O. The zero-order chi connectivity index (χ0) is 14.7. The minimum atomic E-state index is -0.858. The quantitative estimate of drug-likeness (QED) is 0.803. The van der Waals surface area contributed by atoms with Gasteiger partial charge in [0.25, 0.3) is 0 Å². The third-order valence-electron chi connectivity index (χ3n) is 3.37. The van der Waals surface area contributed by atoms with Gasteiger partial charge in [0.2, 0.25) is 0 Å². The van der Waals surface area contributed by atoms with Crippen molar-refractivity contribution in [1.82, 2.24) is 9.88 Å². The average Bonchev–Trinajstić information content (AvgIpc) is 2.95. The Morgan fingerprint density at radius 2 is 2.20 bits per heavy atom. The van der Waals surface area contributed by atoms with Crippen LogP contribution >= 0.6 is 11.3 Å². The summed E-state index contributed by atoms with van der Waals surface area (Å²) < 4.78 is 1.98. The molecule has 2 aromatic rings. The van der Waals surface area contributed by atoms with E-state index in [1.165, 1.54) is 11.3 Å². The van der Waals surface area contributed by atoms with E-state index in [0.29, 0.717) is 5.56 Å². The van der Waals surface area contributed by atoms with Gasteiger partial charge < -0.3 is 15.0 Å². The number of thiophene rings is 1. The van der Waals surface area contributed by atoms with Gasteiger partial charge in [-0.05, 0) is 44.5 Å². The van der Waals surface area contributed by atoms with E-state index in [9.17, 15) is 9.90 Å². The van der Waals surface area contributed by atoms with Crippen LogP contribution in [0, 0.1) is 13.8 Å². The van der Waals surface area contributed by atoms with Gasteiger partial charge in [-0.15, -0.1) is 11.3 Å². The van der Waals surface area contributed by atoms with Crippen LogP contribution in [0.2, 0.25) is 0 Å². The van der Waals surface area contributed by atoms with Crippen LogP contribution in [0.5, 0.6) is 0 Å². The first kappa shape index (κ1) is 14.8. The summed E-state index contributed by atoms with van der Waals surface area (Å²) in [6.45, 7) is 7.67. The summed E-state index contributed by atoms with van der Waals surface area (Å²) in [5.74, 6) is -0.858. The molecule has 0 fully saturated rings. The lowest BCUT2D eigenvalue weighted by atomic mass is 10.1. The fourth-order valence-corrected chi connectivity index (χ4v) is 3.35. The predicted octanol–water partition coefficient (Wildman–Crippen LogP) is 3.35. The topological polar surface area (TPSA) is 54.3 Å². The fourth-order valence-electron chi connectivity index (χ4n) is 2.18. The summed E-state index contributed by atoms with van der Waals surface area (Å²) in [7, 11) is 0. The summed E-state index contributed by atoms with van der Waals surface area (Å²) in [6.07, 6.45) is 3.01. The molecule has 0 bridgehead atoms. The van der Waals surface area contributed by atoms with Crippen molar-refractivity contribution in [3.63, 3.8) is 0 Å². The van der Waals surface area contributed by atoms with Crippen LogP contribution in [-0.4, -0.2) is 22.2 Å². The molecule has 2 heterocycles. The first-order valence-electron chi connectivity index (χ1n) is 6.76. The molecule has 2 aromatic heterocycles. The number of hydrogen-bond acceptors (Lipinski definition) is 3. The third kappa shape index (κ3) is 2.78. The molecule has 2 rings (SSSR count). The molecule has 0 saturated carbocycles. The highest BCUT2D eigenvalue weighted by atomic mass is 32.1. The van der Waals surface area contributed by atoms with E-state index in [1.807, 2.05) is 36.7 Å². The molecule has 0 atom stereocenters. The molecule has 108 valence electrons. The van der Waals surface area contributed by atoms with Crippen LogP contribution in [0.4, 0.5) is 0 Å². The van der Waals surface area contributed by atoms with Gasteiger partial charge in [-0.2, -0.15) is 0 Å². The van der Waals surface area contributed by atoms with Gasteiger partial charge in [0.05, 0.1) is 5.56 Å². The number of aromatic nitrogens is 1. The standard InChI is InChI=1S/C15H20N2O2S/c1-4-7-16-9-12-6-5-8-17(12)14-13(15(18)19)10(2)11(3)20-14/h5-6,8,16H,4,7,9H2,1-3H3,(H,18,19). The van der Waals surface area contributed by atoms with Crippen LogP contribution < -0.4 is 5.32 Å². The van der Waals surface area contributed by atoms with Crippen molar-refractivity contribution in [2.24, 2.45) is 0 Å². The van der Waals surface area contributed by atoms with Gasteiger partial charge in [0.15, 0.2) is 0 Å². The summed E-state index contributed by atoms with van der Waals surface area (Å²) in [6, 6.07) is 3.98. The highest BCUT2D eigenvalue weighted by molar-refractivity contribution is 7.15. The Morgan fingerprint density at radius 1 is 1.45 bits per heavy atom. The molecule has 0 aliphatic heterocycles. The van der Waals surface area contributed by atoms with Gasteiger partial charge in [0.1, 0.15) is 5.00 Å². The Hall–Kier alpha value is -1.59. The number of aryl methyl sites for hydroxylation is 1. The van der Waals surface area contributed by atoms with Crippen LogP contribution in [0.1, 0.15) is 39.8 Å². The number of hydrogen-bond donors (Lipinski definition) is 2. The van der Waals surface area contributed by atoms with Gasteiger partial charge in [0, 0.05) is 23.3 Å². The normalized spacial score (nSPS) is 10.9. The molecular weight excluding hydrogens is 272 g/mol. The first-order valence-corrected chi connectivity index (χ1v) is 7.58. The maximum atomic E-state index is 11.5. The summed E-state index contributed by atoms with van der Waals surface area (Å²) in [4.78, 5) is 12.6. The second kappa shape index (κ2) is 6.24. The molecule has 0 spiro atoms. The van der Waals surface area contributed by atoms with Crippen molar-refractivity contribution in [1.29, 1.82) is 0 Å². The minimum absolute atomic E-state index is 0.417. The predicted molar refractivity (Wildman–Crippen MR) is 82.1 cm³/mol. The number of carboxylic acid groups (broad SMARTS) is 1. The molecule has 4 nitrogen and oxygen atoms in total. The van der Waals surface area contributed by atoms with E-state index >= 15 is 0 Å². The van der Waals surface area contributed by atoms with Crippen LogP contribution in [0.15, 0.2) is 18.3 Å². The zero-order valence-electron chi connectivity index (χ0n) is 12.1. The van der Waals surface area contributed by atoms with Crippen molar-refractivity contribution in [3.8, 4) is 5.00 Å². The summed E-state index contributed by atoms with van der Waals surface area (Å²) >= 11 is 1.53. The van der Waals surface area contributed by atoms with Crippen molar-refractivity contribution < 1.29 is 9.90 Å². The Morgan fingerprint density at radius 3 is 2.85 bits per heavy atom. The maximum absolute atomic E-state index is 11.5. The number of nitrogens with one attached hydrogen (secondary N) is 1. The Balaban J connectivity index is 2.40. The highest BCUT2D eigenvalue weighted by Gasteiger charge is 2.20. The van der Waals surface area contributed by atoms with Crippen molar-refractivity contribution >= 4 is 17.3 Å². The molecule has 0 unspecified atom stereocenters. The van der Waals surface area contributed by atoms with Crippen LogP contribution in [0.3, 0.4) is 0 Å². The van der Waals surface area contributed by atoms with E-state index < -0.39 is 5.97 Å². The Bertz CT molecular complexity index is 613. The lowest BCUT2D eigenvalue weighted by Gasteiger charge is -2.09. The Kier molecular flexibility index (Phi) is 4.62. The molecule has 0 aromatic carbocycles. The molecule has 2 N–H and O–H groups in total. The summed E-state index contributed by atoms with van der Waals surface area (Å²) in [5, 5.41) is 13.6. The van der Waals surface area contributed by atoms with Crippen LogP contribution in [-0.2, 0) is 6.54 Å². The molecule has 0 amide bonds. The van der Waals surface area contributed by atoms with E-state index in [1.54, 1.807) is 0 Å². The highest BCUT2D eigenvalue weighted by Crippen LogP contribution is 2.31. The second-order valence-electron chi connectivity index (χ2n) is 4.81. The lowest BCUT2D eigenvalue weighted by molar-refractivity contribution is 0.0696. The Labute approximate surface area is 123 Å². The van der Waals surface area contributed by atoms with Gasteiger partial charge >= 0.3 is 5.97 Å². The average molecular weight is 292 g/mol. The van der Waals surface area contributed by atoms with Crippen molar-refractivity contribution in [2.75, 3.05) is 6.54 Å². The second-order valence-corrected chi connectivity index (χ2v) is 6.02. The largest absolute Gasteiger partial charge is 0.478 e. The summed E-state index contributed by atoms with van der Waals surface area (Å²) in [5.41, 5.74) is 2.36. The smallest absolute Gasteiger partial charge is 0.339 e. The molecular formula is C15H20N2O2S. The molecule has 5 heteroatoms. The van der Waals surface area contributed by atoms with Crippen molar-refractivity contribution in [3.05, 3.63) is 40.0 Å². The molecule has 0 aliphatic carbocycles. The first-order chi connectivity index (χ1) is 9.56. The molecule has 0 radical (unpaired) electrons.